The molecule has 0 saturated carbocycles. The van der Waals surface area contributed by atoms with E-state index >= 15 is 0 Å². The maximum Gasteiger partial charge on any atom is 0.237 e. The Labute approximate surface area is 106 Å². The van der Waals surface area contributed by atoms with Crippen LogP contribution in [0.1, 0.15) is 52.0 Å². The molecular weight excluding hydrogens is 232 g/mol. The molecular formula is C12H22N2O2Si. The summed E-state index contributed by atoms with van der Waals surface area (Å²) >= 11 is 0. The van der Waals surface area contributed by atoms with Crippen LogP contribution >= 0.6 is 0 Å². The monoisotopic (exact) mass is 254 g/mol. The predicted molar refractivity (Wildman–Crippen MR) is 68.7 cm³/mol. The SMILES string of the molecule is Cc1nc(CN)oc1C(C)(C)O[Si]C(C)(C)C. The van der Waals surface area contributed by atoms with Gasteiger partial charge in [0.15, 0.2) is 5.76 Å². The number of hydrogen-bond donors (Lipinski definition) is 1. The van der Waals surface area contributed by atoms with Crippen LogP contribution in [0.5, 0.6) is 0 Å². The molecule has 0 atom stereocenters. The van der Waals surface area contributed by atoms with Gasteiger partial charge in [0.1, 0.15) is 5.60 Å². The molecule has 0 unspecified atom stereocenters. The minimum atomic E-state index is -0.462. The van der Waals surface area contributed by atoms with Crippen molar-refractivity contribution >= 4 is 9.76 Å². The number of aromatic nitrogens is 1. The van der Waals surface area contributed by atoms with Gasteiger partial charge in [-0.3, -0.25) is 0 Å². The van der Waals surface area contributed by atoms with Gasteiger partial charge in [0.2, 0.25) is 15.7 Å². The van der Waals surface area contributed by atoms with Gasteiger partial charge in [-0.2, -0.15) is 0 Å². The Morgan fingerprint density at radius 2 is 1.88 bits per heavy atom. The highest BCUT2D eigenvalue weighted by Crippen LogP contribution is 2.31. The molecule has 2 N–H and O–H groups in total. The number of nitrogens with zero attached hydrogens (tertiary/aromatic N) is 1. The second kappa shape index (κ2) is 4.92. The van der Waals surface area contributed by atoms with E-state index in [1.807, 2.05) is 20.8 Å². The average Bonchev–Trinajstić information content (AvgIpc) is 2.57. The molecule has 1 rings (SSSR count). The lowest BCUT2D eigenvalue weighted by Gasteiger charge is -2.27. The third-order valence-corrected chi connectivity index (χ3v) is 3.40. The second-order valence-electron chi connectivity index (χ2n) is 5.69. The van der Waals surface area contributed by atoms with Crippen molar-refractivity contribution in [2.45, 2.75) is 58.7 Å². The van der Waals surface area contributed by atoms with Gasteiger partial charge in [0, 0.05) is 0 Å². The van der Waals surface area contributed by atoms with Gasteiger partial charge in [-0.25, -0.2) is 4.98 Å². The summed E-state index contributed by atoms with van der Waals surface area (Å²) in [5, 5.41) is 0.155. The minimum Gasteiger partial charge on any atom is -0.441 e. The normalized spacial score (nSPS) is 13.1. The molecule has 1 aromatic heterocycles. The summed E-state index contributed by atoms with van der Waals surface area (Å²) in [6, 6.07) is 0. The summed E-state index contributed by atoms with van der Waals surface area (Å²) in [7, 11) is 0.406. The summed E-state index contributed by atoms with van der Waals surface area (Å²) in [6.07, 6.45) is 0. The molecule has 5 heteroatoms. The molecule has 1 heterocycles. The fraction of sp³-hybridized carbons (Fsp3) is 0.750. The van der Waals surface area contributed by atoms with E-state index in [4.69, 9.17) is 14.6 Å². The lowest BCUT2D eigenvalue weighted by Crippen LogP contribution is -2.27. The Kier molecular flexibility index (Phi) is 4.17. The molecule has 2 radical (unpaired) electrons. The summed E-state index contributed by atoms with van der Waals surface area (Å²) in [6.45, 7) is 12.7. The number of oxazole rings is 1. The zero-order valence-electron chi connectivity index (χ0n) is 11.5. The van der Waals surface area contributed by atoms with E-state index in [0.29, 0.717) is 22.2 Å². The molecule has 0 fully saturated rings. The van der Waals surface area contributed by atoms with Gasteiger partial charge >= 0.3 is 0 Å². The lowest BCUT2D eigenvalue weighted by atomic mass is 10.1. The molecule has 0 saturated heterocycles. The molecule has 0 aliphatic carbocycles. The van der Waals surface area contributed by atoms with Gasteiger partial charge < -0.3 is 14.6 Å². The number of aryl methyl sites for hydroxylation is 1. The molecule has 4 nitrogen and oxygen atoms in total. The van der Waals surface area contributed by atoms with E-state index < -0.39 is 5.60 Å². The van der Waals surface area contributed by atoms with Gasteiger partial charge in [0.25, 0.3) is 0 Å². The van der Waals surface area contributed by atoms with Crippen LogP contribution in [0, 0.1) is 6.92 Å². The lowest BCUT2D eigenvalue weighted by molar-refractivity contribution is 0.0805. The van der Waals surface area contributed by atoms with Crippen molar-refractivity contribution in [1.82, 2.24) is 4.98 Å². The quantitative estimate of drug-likeness (QED) is 0.839. The molecule has 0 bridgehead atoms. The molecule has 96 valence electrons. The molecule has 17 heavy (non-hydrogen) atoms. The van der Waals surface area contributed by atoms with Crippen LogP contribution < -0.4 is 5.73 Å². The highest BCUT2D eigenvalue weighted by Gasteiger charge is 2.30. The molecule has 0 aliphatic heterocycles. The predicted octanol–water partition coefficient (Wildman–Crippen LogP) is 2.53. The first-order valence-corrected chi connectivity index (χ1v) is 6.68. The van der Waals surface area contributed by atoms with Gasteiger partial charge in [-0.1, -0.05) is 20.8 Å². The topological polar surface area (TPSA) is 61.3 Å². The van der Waals surface area contributed by atoms with Crippen molar-refractivity contribution in [2.24, 2.45) is 5.73 Å². The van der Waals surface area contributed by atoms with Crippen LogP contribution in [-0.2, 0) is 16.6 Å². The first-order valence-electron chi connectivity index (χ1n) is 5.78. The molecule has 0 aliphatic rings. The van der Waals surface area contributed by atoms with E-state index in [-0.39, 0.29) is 5.04 Å². The molecule has 0 amide bonds. The summed E-state index contributed by atoms with van der Waals surface area (Å²) < 4.78 is 11.6. The Morgan fingerprint density at radius 1 is 1.29 bits per heavy atom. The first-order chi connectivity index (χ1) is 7.65. The van der Waals surface area contributed by atoms with Gasteiger partial charge in [0.05, 0.1) is 12.2 Å². The van der Waals surface area contributed by atoms with Crippen LogP contribution in [0.15, 0.2) is 4.42 Å². The van der Waals surface area contributed by atoms with Crippen LogP contribution in [0.25, 0.3) is 0 Å². The van der Waals surface area contributed by atoms with Crippen molar-refractivity contribution in [2.75, 3.05) is 0 Å². The zero-order chi connectivity index (χ0) is 13.3. The van der Waals surface area contributed by atoms with E-state index in [0.717, 1.165) is 11.5 Å². The van der Waals surface area contributed by atoms with Crippen LogP contribution in [0.4, 0.5) is 0 Å². The Bertz CT molecular complexity index is 380. The standard InChI is InChI=1S/C12H22N2O2Si/c1-8-10(15-9(7-13)14-8)12(5,6)16-17-11(2,3)4/h7,13H2,1-6H3. The third kappa shape index (κ3) is 3.94. The largest absolute Gasteiger partial charge is 0.441 e. The van der Waals surface area contributed by atoms with Crippen molar-refractivity contribution in [1.29, 1.82) is 0 Å². The fourth-order valence-electron chi connectivity index (χ4n) is 1.43. The number of hydrogen-bond acceptors (Lipinski definition) is 4. The van der Waals surface area contributed by atoms with Crippen molar-refractivity contribution in [3.05, 3.63) is 17.3 Å². The maximum atomic E-state index is 5.97. The minimum absolute atomic E-state index is 0.155. The molecule has 0 aromatic carbocycles. The van der Waals surface area contributed by atoms with Crippen molar-refractivity contribution < 1.29 is 8.84 Å². The molecule has 0 spiro atoms. The Morgan fingerprint density at radius 3 is 2.29 bits per heavy atom. The van der Waals surface area contributed by atoms with Crippen LogP contribution in [0.3, 0.4) is 0 Å². The van der Waals surface area contributed by atoms with E-state index in [1.54, 1.807) is 0 Å². The smallest absolute Gasteiger partial charge is 0.237 e. The summed E-state index contributed by atoms with van der Waals surface area (Å²) in [5.41, 5.74) is 5.92. The van der Waals surface area contributed by atoms with Crippen molar-refractivity contribution in [3.63, 3.8) is 0 Å². The van der Waals surface area contributed by atoms with E-state index in [1.165, 1.54) is 0 Å². The van der Waals surface area contributed by atoms with Crippen LogP contribution in [0.2, 0.25) is 5.04 Å². The Hall–Kier alpha value is -0.653. The first kappa shape index (κ1) is 14.4. The summed E-state index contributed by atoms with van der Waals surface area (Å²) in [5.74, 6) is 1.34. The zero-order valence-corrected chi connectivity index (χ0v) is 12.5. The molecule has 1 aromatic rings. The highest BCUT2D eigenvalue weighted by atomic mass is 28.2. The number of rotatable bonds is 4. The highest BCUT2D eigenvalue weighted by molar-refractivity contribution is 6.31. The van der Waals surface area contributed by atoms with E-state index in [9.17, 15) is 0 Å². The third-order valence-electron chi connectivity index (χ3n) is 2.17. The van der Waals surface area contributed by atoms with Crippen molar-refractivity contribution in [3.8, 4) is 0 Å². The van der Waals surface area contributed by atoms with E-state index in [2.05, 4.69) is 25.8 Å². The Balaban J connectivity index is 2.84. The van der Waals surface area contributed by atoms with Gasteiger partial charge in [-0.15, -0.1) is 0 Å². The summed E-state index contributed by atoms with van der Waals surface area (Å²) in [4.78, 5) is 4.27. The second-order valence-corrected chi connectivity index (χ2v) is 7.60. The van der Waals surface area contributed by atoms with Crippen LogP contribution in [-0.4, -0.2) is 14.7 Å². The maximum absolute atomic E-state index is 5.97. The fourth-order valence-corrected chi connectivity index (χ4v) is 2.08. The number of nitrogens with two attached hydrogens (primary N) is 1. The van der Waals surface area contributed by atoms with Gasteiger partial charge in [-0.05, 0) is 25.8 Å². The average molecular weight is 254 g/mol.